The molecular formula is C13H17BrN2O. The summed E-state index contributed by atoms with van der Waals surface area (Å²) in [7, 11) is 4.04. The fraction of sp³-hybridized carbons (Fsp3) is 0.462. The first-order valence-corrected chi connectivity index (χ1v) is 6.53. The minimum atomic E-state index is 0.202. The maximum absolute atomic E-state index is 12.0. The standard InChI is InChI=1S/C13H17BrN2O/c1-9-4-5-11-10(13(9)14)8-12(17)16(11)7-6-15(2)3/h4-5H,6-8H2,1-3H3. The molecule has 3 nitrogen and oxygen atoms in total. The molecule has 0 spiro atoms. The van der Waals surface area contributed by atoms with Gasteiger partial charge in [0.05, 0.1) is 6.42 Å². The van der Waals surface area contributed by atoms with Crippen molar-refractivity contribution in [1.29, 1.82) is 0 Å². The Morgan fingerprint density at radius 3 is 2.76 bits per heavy atom. The molecule has 1 amide bonds. The van der Waals surface area contributed by atoms with E-state index in [1.165, 1.54) is 5.56 Å². The second kappa shape index (κ2) is 4.78. The molecule has 0 fully saturated rings. The zero-order chi connectivity index (χ0) is 12.6. The summed E-state index contributed by atoms with van der Waals surface area (Å²) < 4.78 is 1.08. The summed E-state index contributed by atoms with van der Waals surface area (Å²) in [5, 5.41) is 0. The molecule has 0 saturated carbocycles. The van der Waals surface area contributed by atoms with Crippen molar-refractivity contribution in [3.05, 3.63) is 27.7 Å². The van der Waals surface area contributed by atoms with E-state index in [0.29, 0.717) is 6.42 Å². The van der Waals surface area contributed by atoms with Crippen molar-refractivity contribution in [3.8, 4) is 0 Å². The molecule has 92 valence electrons. The van der Waals surface area contributed by atoms with Gasteiger partial charge in [0.1, 0.15) is 0 Å². The molecular weight excluding hydrogens is 280 g/mol. The van der Waals surface area contributed by atoms with E-state index in [1.54, 1.807) is 0 Å². The highest BCUT2D eigenvalue weighted by molar-refractivity contribution is 9.10. The number of amides is 1. The van der Waals surface area contributed by atoms with Gasteiger partial charge in [-0.25, -0.2) is 0 Å². The summed E-state index contributed by atoms with van der Waals surface area (Å²) in [6.07, 6.45) is 0.519. The number of benzene rings is 1. The maximum Gasteiger partial charge on any atom is 0.231 e. The van der Waals surface area contributed by atoms with Crippen LogP contribution in [0.25, 0.3) is 0 Å². The van der Waals surface area contributed by atoms with Crippen LogP contribution in [-0.2, 0) is 11.2 Å². The zero-order valence-electron chi connectivity index (χ0n) is 10.5. The number of halogens is 1. The molecule has 17 heavy (non-hydrogen) atoms. The number of nitrogens with zero attached hydrogens (tertiary/aromatic N) is 2. The molecule has 0 N–H and O–H groups in total. The molecule has 4 heteroatoms. The third-order valence-corrected chi connectivity index (χ3v) is 4.21. The molecule has 0 saturated heterocycles. The molecule has 1 aromatic carbocycles. The lowest BCUT2D eigenvalue weighted by atomic mass is 10.1. The van der Waals surface area contributed by atoms with Gasteiger partial charge in [0.25, 0.3) is 0 Å². The monoisotopic (exact) mass is 296 g/mol. The van der Waals surface area contributed by atoms with Crippen molar-refractivity contribution in [2.45, 2.75) is 13.3 Å². The Hall–Kier alpha value is -0.870. The van der Waals surface area contributed by atoms with Gasteiger partial charge in [-0.3, -0.25) is 4.79 Å². The Morgan fingerprint density at radius 2 is 2.12 bits per heavy atom. The minimum Gasteiger partial charge on any atom is -0.311 e. The van der Waals surface area contributed by atoms with Crippen molar-refractivity contribution in [1.82, 2.24) is 4.90 Å². The average Bonchev–Trinajstić information content (AvgIpc) is 2.58. The van der Waals surface area contributed by atoms with E-state index in [1.807, 2.05) is 19.0 Å². The van der Waals surface area contributed by atoms with Gasteiger partial charge in [-0.15, -0.1) is 0 Å². The van der Waals surface area contributed by atoms with Gasteiger partial charge in [0, 0.05) is 23.2 Å². The molecule has 1 heterocycles. The molecule has 0 atom stereocenters. The Bertz CT molecular complexity index is 457. The van der Waals surface area contributed by atoms with Crippen LogP contribution in [0.15, 0.2) is 16.6 Å². The van der Waals surface area contributed by atoms with E-state index in [2.05, 4.69) is 39.9 Å². The van der Waals surface area contributed by atoms with E-state index in [0.717, 1.165) is 28.8 Å². The van der Waals surface area contributed by atoms with Crippen LogP contribution in [0.1, 0.15) is 11.1 Å². The zero-order valence-corrected chi connectivity index (χ0v) is 12.0. The number of carbonyl (C=O) groups excluding carboxylic acids is 1. The Kier molecular flexibility index (Phi) is 3.54. The van der Waals surface area contributed by atoms with Crippen molar-refractivity contribution in [2.75, 3.05) is 32.1 Å². The molecule has 0 radical (unpaired) electrons. The maximum atomic E-state index is 12.0. The van der Waals surface area contributed by atoms with Crippen LogP contribution in [0.2, 0.25) is 0 Å². The third-order valence-electron chi connectivity index (χ3n) is 3.10. The van der Waals surface area contributed by atoms with Crippen LogP contribution in [-0.4, -0.2) is 38.0 Å². The van der Waals surface area contributed by atoms with Crippen LogP contribution in [0, 0.1) is 6.92 Å². The first kappa shape index (κ1) is 12.6. The van der Waals surface area contributed by atoms with E-state index >= 15 is 0 Å². The molecule has 0 aliphatic carbocycles. The van der Waals surface area contributed by atoms with E-state index in [9.17, 15) is 4.79 Å². The number of likely N-dealkylation sites (N-methyl/N-ethyl adjacent to an activating group) is 1. The number of aryl methyl sites for hydroxylation is 1. The summed E-state index contributed by atoms with van der Waals surface area (Å²) in [4.78, 5) is 16.0. The van der Waals surface area contributed by atoms with Gasteiger partial charge in [-0.05, 0) is 38.2 Å². The number of fused-ring (bicyclic) bond motifs is 1. The Balaban J connectivity index is 2.28. The normalized spacial score (nSPS) is 14.6. The molecule has 1 aliphatic heterocycles. The SMILES string of the molecule is Cc1ccc2c(c1Br)CC(=O)N2CCN(C)C. The lowest BCUT2D eigenvalue weighted by molar-refractivity contribution is -0.117. The number of anilines is 1. The highest BCUT2D eigenvalue weighted by Crippen LogP contribution is 2.36. The second-order valence-electron chi connectivity index (χ2n) is 4.72. The Morgan fingerprint density at radius 1 is 1.41 bits per heavy atom. The lowest BCUT2D eigenvalue weighted by Gasteiger charge is -2.20. The topological polar surface area (TPSA) is 23.6 Å². The number of carbonyl (C=O) groups is 1. The largest absolute Gasteiger partial charge is 0.311 e. The van der Waals surface area contributed by atoms with E-state index in [-0.39, 0.29) is 5.91 Å². The number of rotatable bonds is 3. The molecule has 0 unspecified atom stereocenters. The fourth-order valence-corrected chi connectivity index (χ4v) is 2.55. The predicted octanol–water partition coefficient (Wildman–Crippen LogP) is 2.21. The van der Waals surface area contributed by atoms with Gasteiger partial charge < -0.3 is 9.80 Å². The summed E-state index contributed by atoms with van der Waals surface area (Å²) in [6, 6.07) is 4.11. The minimum absolute atomic E-state index is 0.202. The van der Waals surface area contributed by atoms with Gasteiger partial charge >= 0.3 is 0 Å². The molecule has 1 aromatic rings. The third kappa shape index (κ3) is 2.38. The Labute approximate surface area is 111 Å². The van der Waals surface area contributed by atoms with Gasteiger partial charge in [-0.1, -0.05) is 22.0 Å². The highest BCUT2D eigenvalue weighted by Gasteiger charge is 2.28. The summed E-state index contributed by atoms with van der Waals surface area (Å²) in [5.74, 6) is 0.202. The summed E-state index contributed by atoms with van der Waals surface area (Å²) in [5.41, 5.74) is 3.38. The van der Waals surface area contributed by atoms with Gasteiger partial charge in [-0.2, -0.15) is 0 Å². The lowest BCUT2D eigenvalue weighted by Crippen LogP contribution is -2.33. The fourth-order valence-electron chi connectivity index (χ4n) is 2.08. The molecule has 0 aromatic heterocycles. The molecule has 1 aliphatic rings. The first-order valence-electron chi connectivity index (χ1n) is 5.73. The number of hydrogen-bond acceptors (Lipinski definition) is 2. The van der Waals surface area contributed by atoms with Crippen molar-refractivity contribution >= 4 is 27.5 Å². The van der Waals surface area contributed by atoms with Crippen molar-refractivity contribution < 1.29 is 4.79 Å². The van der Waals surface area contributed by atoms with Crippen LogP contribution in [0.4, 0.5) is 5.69 Å². The first-order chi connectivity index (χ1) is 8.00. The van der Waals surface area contributed by atoms with Gasteiger partial charge in [0.2, 0.25) is 5.91 Å². The highest BCUT2D eigenvalue weighted by atomic mass is 79.9. The van der Waals surface area contributed by atoms with Gasteiger partial charge in [0.15, 0.2) is 0 Å². The van der Waals surface area contributed by atoms with Crippen molar-refractivity contribution in [2.24, 2.45) is 0 Å². The predicted molar refractivity (Wildman–Crippen MR) is 73.5 cm³/mol. The van der Waals surface area contributed by atoms with Crippen molar-refractivity contribution in [3.63, 3.8) is 0 Å². The van der Waals surface area contributed by atoms with Crippen LogP contribution in [0.3, 0.4) is 0 Å². The molecule has 2 rings (SSSR count). The average molecular weight is 297 g/mol. The summed E-state index contributed by atoms with van der Waals surface area (Å²) in [6.45, 7) is 3.70. The van der Waals surface area contributed by atoms with E-state index in [4.69, 9.17) is 0 Å². The number of hydrogen-bond donors (Lipinski definition) is 0. The second-order valence-corrected chi connectivity index (χ2v) is 5.51. The van der Waals surface area contributed by atoms with Crippen LogP contribution >= 0.6 is 15.9 Å². The van der Waals surface area contributed by atoms with Crippen LogP contribution in [0.5, 0.6) is 0 Å². The molecule has 0 bridgehead atoms. The smallest absolute Gasteiger partial charge is 0.231 e. The van der Waals surface area contributed by atoms with E-state index < -0.39 is 0 Å². The summed E-state index contributed by atoms with van der Waals surface area (Å²) >= 11 is 3.58. The van der Waals surface area contributed by atoms with Crippen LogP contribution < -0.4 is 4.90 Å². The quantitative estimate of drug-likeness (QED) is 0.854.